The van der Waals surface area contributed by atoms with E-state index < -0.39 is 0 Å². The summed E-state index contributed by atoms with van der Waals surface area (Å²) in [6, 6.07) is 8.53. The Bertz CT molecular complexity index is 451. The maximum atomic E-state index is 4.28. The highest BCUT2D eigenvalue weighted by atomic mass is 14.9. The van der Waals surface area contributed by atoms with Gasteiger partial charge in [-0.2, -0.15) is 0 Å². The van der Waals surface area contributed by atoms with Crippen molar-refractivity contribution in [1.29, 1.82) is 0 Å². The molecule has 0 fully saturated rings. The lowest BCUT2D eigenvalue weighted by Gasteiger charge is -2.13. The second-order valence-corrected chi connectivity index (χ2v) is 4.19. The second kappa shape index (κ2) is 5.55. The van der Waals surface area contributed by atoms with Crippen LogP contribution in [0.15, 0.2) is 42.9 Å². The van der Waals surface area contributed by atoms with E-state index >= 15 is 0 Å². The van der Waals surface area contributed by atoms with Crippen LogP contribution in [0, 0.1) is 6.92 Å². The average Bonchev–Trinajstić information content (AvgIpc) is 2.39. The van der Waals surface area contributed by atoms with Crippen molar-refractivity contribution >= 4 is 0 Å². The van der Waals surface area contributed by atoms with Crippen molar-refractivity contribution in [3.05, 3.63) is 59.7 Å². The Hall–Kier alpha value is -1.74. The van der Waals surface area contributed by atoms with Crippen molar-refractivity contribution in [3.8, 4) is 0 Å². The molecule has 2 rings (SSSR count). The molecular formula is C14H17N3. The van der Waals surface area contributed by atoms with E-state index in [-0.39, 0.29) is 0 Å². The Morgan fingerprint density at radius 1 is 1.18 bits per heavy atom. The number of hydrogen-bond acceptors (Lipinski definition) is 3. The molecule has 0 aliphatic heterocycles. The van der Waals surface area contributed by atoms with E-state index in [0.29, 0.717) is 6.04 Å². The standard InChI is InChI=1S/C14H17N3/c1-11-3-4-13(9-16-11)10-17-12(2)14-5-7-15-8-6-14/h3-9,12,17H,10H2,1-2H3/t12-/m0/s1. The van der Waals surface area contributed by atoms with Gasteiger partial charge in [-0.25, -0.2) is 0 Å². The topological polar surface area (TPSA) is 37.8 Å². The SMILES string of the molecule is Cc1ccc(CN[C@@H](C)c2ccncc2)cn1. The van der Waals surface area contributed by atoms with E-state index in [9.17, 15) is 0 Å². The molecule has 3 heteroatoms. The molecule has 0 aliphatic rings. The van der Waals surface area contributed by atoms with Crippen molar-refractivity contribution in [2.75, 3.05) is 0 Å². The predicted octanol–water partition coefficient (Wildman–Crippen LogP) is 2.64. The molecule has 17 heavy (non-hydrogen) atoms. The highest BCUT2D eigenvalue weighted by molar-refractivity contribution is 5.16. The first kappa shape index (κ1) is 11.7. The van der Waals surface area contributed by atoms with Gasteiger partial charge in [-0.1, -0.05) is 6.07 Å². The molecule has 2 heterocycles. The van der Waals surface area contributed by atoms with Gasteiger partial charge in [0.2, 0.25) is 0 Å². The third-order valence-corrected chi connectivity index (χ3v) is 2.79. The molecule has 0 aromatic carbocycles. The van der Waals surface area contributed by atoms with Crippen molar-refractivity contribution in [2.24, 2.45) is 0 Å². The minimum atomic E-state index is 0.319. The molecule has 1 atom stereocenters. The summed E-state index contributed by atoms with van der Waals surface area (Å²) in [6.07, 6.45) is 5.56. The summed E-state index contributed by atoms with van der Waals surface area (Å²) in [6.45, 7) is 4.98. The molecule has 0 saturated carbocycles. The fourth-order valence-electron chi connectivity index (χ4n) is 1.64. The van der Waals surface area contributed by atoms with Gasteiger partial charge in [-0.3, -0.25) is 9.97 Å². The second-order valence-electron chi connectivity index (χ2n) is 4.19. The van der Waals surface area contributed by atoms with Gasteiger partial charge in [0.25, 0.3) is 0 Å². The molecular weight excluding hydrogens is 210 g/mol. The van der Waals surface area contributed by atoms with Crippen LogP contribution in [0.5, 0.6) is 0 Å². The van der Waals surface area contributed by atoms with Gasteiger partial charge in [0, 0.05) is 36.9 Å². The summed E-state index contributed by atoms with van der Waals surface area (Å²) >= 11 is 0. The van der Waals surface area contributed by atoms with Gasteiger partial charge in [-0.05, 0) is 43.2 Å². The summed E-state index contributed by atoms with van der Waals surface area (Å²) in [5, 5.41) is 3.47. The van der Waals surface area contributed by atoms with Gasteiger partial charge in [0.05, 0.1) is 0 Å². The van der Waals surface area contributed by atoms with E-state index in [4.69, 9.17) is 0 Å². The lowest BCUT2D eigenvalue weighted by atomic mass is 10.1. The van der Waals surface area contributed by atoms with Crippen LogP contribution >= 0.6 is 0 Å². The van der Waals surface area contributed by atoms with Crippen LogP contribution in [-0.2, 0) is 6.54 Å². The molecule has 2 aromatic heterocycles. The molecule has 0 aliphatic carbocycles. The van der Waals surface area contributed by atoms with E-state index in [2.05, 4.69) is 28.3 Å². The van der Waals surface area contributed by atoms with E-state index in [1.807, 2.05) is 43.7 Å². The monoisotopic (exact) mass is 227 g/mol. The van der Waals surface area contributed by atoms with Gasteiger partial charge in [0.1, 0.15) is 0 Å². The normalized spacial score (nSPS) is 12.4. The van der Waals surface area contributed by atoms with E-state index in [1.165, 1.54) is 11.1 Å². The molecule has 0 radical (unpaired) electrons. The number of nitrogens with zero attached hydrogens (tertiary/aromatic N) is 2. The summed E-state index contributed by atoms with van der Waals surface area (Å²) in [7, 11) is 0. The maximum absolute atomic E-state index is 4.28. The minimum Gasteiger partial charge on any atom is -0.306 e. The van der Waals surface area contributed by atoms with Crippen LogP contribution in [-0.4, -0.2) is 9.97 Å². The first-order chi connectivity index (χ1) is 8.25. The highest BCUT2D eigenvalue weighted by Crippen LogP contribution is 2.11. The molecule has 88 valence electrons. The van der Waals surface area contributed by atoms with Crippen LogP contribution in [0.1, 0.15) is 29.8 Å². The average molecular weight is 227 g/mol. The maximum Gasteiger partial charge on any atom is 0.0372 e. The lowest BCUT2D eigenvalue weighted by Crippen LogP contribution is -2.18. The van der Waals surface area contributed by atoms with Crippen molar-refractivity contribution in [2.45, 2.75) is 26.4 Å². The van der Waals surface area contributed by atoms with Gasteiger partial charge < -0.3 is 5.32 Å². The van der Waals surface area contributed by atoms with Crippen LogP contribution in [0.2, 0.25) is 0 Å². The van der Waals surface area contributed by atoms with E-state index in [0.717, 1.165) is 12.2 Å². The molecule has 2 aromatic rings. The quantitative estimate of drug-likeness (QED) is 0.872. The molecule has 0 amide bonds. The number of aromatic nitrogens is 2. The largest absolute Gasteiger partial charge is 0.306 e. The fourth-order valence-corrected chi connectivity index (χ4v) is 1.64. The Labute approximate surface area is 102 Å². The number of nitrogens with one attached hydrogen (secondary N) is 1. The van der Waals surface area contributed by atoms with Crippen LogP contribution in [0.4, 0.5) is 0 Å². The van der Waals surface area contributed by atoms with Crippen molar-refractivity contribution in [1.82, 2.24) is 15.3 Å². The number of aryl methyl sites for hydroxylation is 1. The van der Waals surface area contributed by atoms with Crippen molar-refractivity contribution in [3.63, 3.8) is 0 Å². The lowest BCUT2D eigenvalue weighted by molar-refractivity contribution is 0.573. The molecule has 0 unspecified atom stereocenters. The van der Waals surface area contributed by atoms with Gasteiger partial charge in [0.15, 0.2) is 0 Å². The first-order valence-corrected chi connectivity index (χ1v) is 5.80. The zero-order valence-corrected chi connectivity index (χ0v) is 10.2. The predicted molar refractivity (Wildman–Crippen MR) is 68.5 cm³/mol. The zero-order valence-electron chi connectivity index (χ0n) is 10.2. The summed E-state index contributed by atoms with van der Waals surface area (Å²) < 4.78 is 0. The first-order valence-electron chi connectivity index (χ1n) is 5.80. The Balaban J connectivity index is 1.92. The number of rotatable bonds is 4. The van der Waals surface area contributed by atoms with Crippen LogP contribution < -0.4 is 5.32 Å². The summed E-state index contributed by atoms with van der Waals surface area (Å²) in [5.41, 5.74) is 3.51. The third kappa shape index (κ3) is 3.36. The Kier molecular flexibility index (Phi) is 3.83. The summed E-state index contributed by atoms with van der Waals surface area (Å²) in [4.78, 5) is 8.30. The van der Waals surface area contributed by atoms with Crippen molar-refractivity contribution < 1.29 is 0 Å². The van der Waals surface area contributed by atoms with Gasteiger partial charge in [-0.15, -0.1) is 0 Å². The highest BCUT2D eigenvalue weighted by Gasteiger charge is 2.03. The van der Waals surface area contributed by atoms with Crippen LogP contribution in [0.3, 0.4) is 0 Å². The zero-order chi connectivity index (χ0) is 12.1. The Morgan fingerprint density at radius 3 is 2.59 bits per heavy atom. The summed E-state index contributed by atoms with van der Waals surface area (Å²) in [5.74, 6) is 0. The Morgan fingerprint density at radius 2 is 1.94 bits per heavy atom. The third-order valence-electron chi connectivity index (χ3n) is 2.79. The molecule has 0 spiro atoms. The fraction of sp³-hybridized carbons (Fsp3) is 0.286. The molecule has 0 bridgehead atoms. The molecule has 0 saturated heterocycles. The van der Waals surface area contributed by atoms with Crippen LogP contribution in [0.25, 0.3) is 0 Å². The minimum absolute atomic E-state index is 0.319. The number of pyridine rings is 2. The molecule has 3 nitrogen and oxygen atoms in total. The smallest absolute Gasteiger partial charge is 0.0372 e. The van der Waals surface area contributed by atoms with Gasteiger partial charge >= 0.3 is 0 Å². The van der Waals surface area contributed by atoms with E-state index in [1.54, 1.807) is 0 Å². The molecule has 1 N–H and O–H groups in total. The number of hydrogen-bond donors (Lipinski definition) is 1.